The van der Waals surface area contributed by atoms with Crippen LogP contribution in [0.5, 0.6) is 0 Å². The third-order valence-electron chi connectivity index (χ3n) is 3.78. The second-order valence-electron chi connectivity index (χ2n) is 5.43. The fourth-order valence-corrected chi connectivity index (χ4v) is 2.66. The number of likely N-dealkylation sites (tertiary alicyclic amines) is 1. The molecule has 0 aromatic heterocycles. The van der Waals surface area contributed by atoms with Crippen molar-refractivity contribution in [2.24, 2.45) is 0 Å². The molecule has 1 aliphatic heterocycles. The number of piperidine rings is 1. The first kappa shape index (κ1) is 14.0. The number of halogens is 1. The highest BCUT2D eigenvalue weighted by molar-refractivity contribution is 5.33. The van der Waals surface area contributed by atoms with Crippen LogP contribution in [0.2, 0.25) is 0 Å². The zero-order valence-electron chi connectivity index (χ0n) is 11.6. The predicted molar refractivity (Wildman–Crippen MR) is 73.1 cm³/mol. The molecule has 1 fully saturated rings. The Morgan fingerprint density at radius 3 is 2.58 bits per heavy atom. The van der Waals surface area contributed by atoms with Crippen LogP contribution in [0.25, 0.3) is 0 Å². The molecule has 0 amide bonds. The minimum Gasteiger partial charge on any atom is -0.306 e. The van der Waals surface area contributed by atoms with Crippen LogP contribution in [0.4, 0.5) is 4.39 Å². The number of nitriles is 1. The quantitative estimate of drug-likeness (QED) is 0.836. The van der Waals surface area contributed by atoms with Gasteiger partial charge in [-0.1, -0.05) is 0 Å². The number of rotatable bonds is 3. The molecule has 0 bridgehead atoms. The summed E-state index contributed by atoms with van der Waals surface area (Å²) in [4.78, 5) is 4.60. The first-order valence-electron chi connectivity index (χ1n) is 6.67. The average molecular weight is 261 g/mol. The van der Waals surface area contributed by atoms with Crippen molar-refractivity contribution in [2.45, 2.75) is 25.4 Å². The molecule has 0 N–H and O–H groups in total. The molecule has 0 spiro atoms. The summed E-state index contributed by atoms with van der Waals surface area (Å²) in [5.41, 5.74) is 1.29. The first-order chi connectivity index (χ1) is 9.08. The Bertz CT molecular complexity index is 471. The van der Waals surface area contributed by atoms with Crippen LogP contribution in [-0.2, 0) is 6.54 Å². The summed E-state index contributed by atoms with van der Waals surface area (Å²) in [6.07, 6.45) is 2.29. The Labute approximate surface area is 114 Å². The van der Waals surface area contributed by atoms with Gasteiger partial charge in [0.25, 0.3) is 0 Å². The van der Waals surface area contributed by atoms with Gasteiger partial charge in [0.15, 0.2) is 0 Å². The number of hydrogen-bond acceptors (Lipinski definition) is 3. The fourth-order valence-electron chi connectivity index (χ4n) is 2.66. The molecule has 1 heterocycles. The van der Waals surface area contributed by atoms with Crippen LogP contribution in [0.15, 0.2) is 18.2 Å². The lowest BCUT2D eigenvalue weighted by Crippen LogP contribution is -2.41. The molecule has 0 unspecified atom stereocenters. The van der Waals surface area contributed by atoms with Gasteiger partial charge in [0, 0.05) is 12.6 Å². The summed E-state index contributed by atoms with van der Waals surface area (Å²) in [5.74, 6) is -0.322. The van der Waals surface area contributed by atoms with Crippen LogP contribution < -0.4 is 0 Å². The van der Waals surface area contributed by atoms with E-state index in [1.807, 2.05) is 6.07 Å². The van der Waals surface area contributed by atoms with E-state index in [0.29, 0.717) is 11.6 Å². The summed E-state index contributed by atoms with van der Waals surface area (Å²) in [5, 5.41) is 8.85. The number of hydrogen-bond donors (Lipinski definition) is 0. The van der Waals surface area contributed by atoms with Crippen molar-refractivity contribution in [1.29, 1.82) is 5.26 Å². The molecule has 0 aliphatic carbocycles. The van der Waals surface area contributed by atoms with Crippen molar-refractivity contribution in [1.82, 2.24) is 9.80 Å². The maximum atomic E-state index is 13.4. The van der Waals surface area contributed by atoms with Gasteiger partial charge in [-0.15, -0.1) is 0 Å². The lowest BCUT2D eigenvalue weighted by molar-refractivity contribution is 0.140. The van der Waals surface area contributed by atoms with E-state index in [2.05, 4.69) is 23.9 Å². The third kappa shape index (κ3) is 3.76. The van der Waals surface area contributed by atoms with Crippen molar-refractivity contribution in [3.63, 3.8) is 0 Å². The highest BCUT2D eigenvalue weighted by Crippen LogP contribution is 2.17. The van der Waals surface area contributed by atoms with Crippen molar-refractivity contribution in [2.75, 3.05) is 27.2 Å². The van der Waals surface area contributed by atoms with Crippen molar-refractivity contribution in [3.05, 3.63) is 35.1 Å². The SMILES string of the molecule is CN(C)C1CCN(Cc2cc(F)cc(C#N)c2)CC1. The summed E-state index contributed by atoms with van der Waals surface area (Å²) < 4.78 is 13.4. The molecule has 2 rings (SSSR count). The second-order valence-corrected chi connectivity index (χ2v) is 5.43. The Morgan fingerprint density at radius 2 is 2.00 bits per heavy atom. The van der Waals surface area contributed by atoms with Gasteiger partial charge in [0.1, 0.15) is 5.82 Å². The average Bonchev–Trinajstić information content (AvgIpc) is 2.38. The van der Waals surface area contributed by atoms with Gasteiger partial charge >= 0.3 is 0 Å². The Balaban J connectivity index is 1.96. The highest BCUT2D eigenvalue weighted by atomic mass is 19.1. The van der Waals surface area contributed by atoms with Crippen LogP contribution in [-0.4, -0.2) is 43.0 Å². The summed E-state index contributed by atoms with van der Waals surface area (Å²) >= 11 is 0. The van der Waals surface area contributed by atoms with Gasteiger partial charge in [-0.25, -0.2) is 4.39 Å². The minimum absolute atomic E-state index is 0.322. The van der Waals surface area contributed by atoms with E-state index in [4.69, 9.17) is 5.26 Å². The molecule has 4 heteroatoms. The molecule has 3 nitrogen and oxygen atoms in total. The summed E-state index contributed by atoms with van der Waals surface area (Å²) in [6, 6.07) is 7.24. The van der Waals surface area contributed by atoms with Crippen LogP contribution >= 0.6 is 0 Å². The highest BCUT2D eigenvalue weighted by Gasteiger charge is 2.20. The number of nitrogens with zero attached hydrogens (tertiary/aromatic N) is 3. The standard InChI is InChI=1S/C15H20FN3/c1-18(2)15-3-5-19(6-4-15)11-13-7-12(10-17)8-14(16)9-13/h7-9,15H,3-6,11H2,1-2H3. The maximum Gasteiger partial charge on any atom is 0.124 e. The predicted octanol–water partition coefficient (Wildman–Crippen LogP) is 2.22. The van der Waals surface area contributed by atoms with E-state index in [1.165, 1.54) is 12.1 Å². The Hall–Kier alpha value is -1.44. The van der Waals surface area contributed by atoms with E-state index in [-0.39, 0.29) is 5.82 Å². The molecule has 19 heavy (non-hydrogen) atoms. The van der Waals surface area contributed by atoms with E-state index in [9.17, 15) is 4.39 Å². The Kier molecular flexibility index (Phi) is 4.52. The molecular weight excluding hydrogens is 241 g/mol. The van der Waals surface area contributed by atoms with Gasteiger partial charge in [0.05, 0.1) is 11.6 Å². The van der Waals surface area contributed by atoms with Crippen LogP contribution in [0.3, 0.4) is 0 Å². The third-order valence-corrected chi connectivity index (χ3v) is 3.78. The lowest BCUT2D eigenvalue weighted by atomic mass is 10.0. The van der Waals surface area contributed by atoms with Gasteiger partial charge in [-0.05, 0) is 63.8 Å². The molecule has 102 valence electrons. The van der Waals surface area contributed by atoms with E-state index >= 15 is 0 Å². The largest absolute Gasteiger partial charge is 0.306 e. The van der Waals surface area contributed by atoms with Gasteiger partial charge in [-0.2, -0.15) is 5.26 Å². The molecular formula is C15H20FN3. The minimum atomic E-state index is -0.322. The van der Waals surface area contributed by atoms with Crippen molar-refractivity contribution in [3.8, 4) is 6.07 Å². The molecule has 1 aromatic rings. The van der Waals surface area contributed by atoms with E-state index in [0.717, 1.165) is 38.0 Å². The van der Waals surface area contributed by atoms with Gasteiger partial charge in [-0.3, -0.25) is 4.90 Å². The van der Waals surface area contributed by atoms with Crippen LogP contribution in [0.1, 0.15) is 24.0 Å². The van der Waals surface area contributed by atoms with Gasteiger partial charge in [0.2, 0.25) is 0 Å². The van der Waals surface area contributed by atoms with E-state index < -0.39 is 0 Å². The fraction of sp³-hybridized carbons (Fsp3) is 0.533. The first-order valence-corrected chi connectivity index (χ1v) is 6.67. The molecule has 1 aromatic carbocycles. The molecule has 1 aliphatic rings. The Morgan fingerprint density at radius 1 is 1.32 bits per heavy atom. The monoisotopic (exact) mass is 261 g/mol. The molecule has 0 atom stereocenters. The lowest BCUT2D eigenvalue weighted by Gasteiger charge is -2.35. The smallest absolute Gasteiger partial charge is 0.124 e. The van der Waals surface area contributed by atoms with Crippen LogP contribution in [0, 0.1) is 17.1 Å². The molecule has 0 saturated carbocycles. The maximum absolute atomic E-state index is 13.4. The topological polar surface area (TPSA) is 30.3 Å². The van der Waals surface area contributed by atoms with Crippen molar-refractivity contribution >= 4 is 0 Å². The normalized spacial score (nSPS) is 17.6. The summed E-state index contributed by atoms with van der Waals surface area (Å²) in [7, 11) is 4.23. The number of benzene rings is 1. The van der Waals surface area contributed by atoms with Crippen molar-refractivity contribution < 1.29 is 4.39 Å². The van der Waals surface area contributed by atoms with Gasteiger partial charge < -0.3 is 4.90 Å². The second kappa shape index (κ2) is 6.14. The molecule has 0 radical (unpaired) electrons. The van der Waals surface area contributed by atoms with E-state index in [1.54, 1.807) is 6.07 Å². The summed E-state index contributed by atoms with van der Waals surface area (Å²) in [6.45, 7) is 2.79. The molecule has 1 saturated heterocycles. The zero-order valence-corrected chi connectivity index (χ0v) is 11.6. The zero-order chi connectivity index (χ0) is 13.8.